The predicted molar refractivity (Wildman–Crippen MR) is 158 cm³/mol. The number of nitrogens with zero attached hydrogens (tertiary/aromatic N) is 5. The first-order valence-electron chi connectivity index (χ1n) is 13.5. The maximum atomic E-state index is 13.7. The fourth-order valence-electron chi connectivity index (χ4n) is 6.75. The van der Waals surface area contributed by atoms with Crippen LogP contribution in [0.5, 0.6) is 0 Å². The minimum Gasteiger partial charge on any atom is -0.303 e. The summed E-state index contributed by atoms with van der Waals surface area (Å²) in [6.45, 7) is 0. The van der Waals surface area contributed by atoms with E-state index in [4.69, 9.17) is 28.2 Å². The number of aliphatic imine (C=N–C) groups is 1. The topological polar surface area (TPSA) is 99.2 Å². The third-order valence-electron chi connectivity index (χ3n) is 8.71. The zero-order valence-electron chi connectivity index (χ0n) is 21.7. The van der Waals surface area contributed by atoms with Gasteiger partial charge in [0.05, 0.1) is 28.6 Å². The van der Waals surface area contributed by atoms with Crippen molar-refractivity contribution in [3.8, 4) is 16.8 Å². The second-order valence-electron chi connectivity index (χ2n) is 11.2. The van der Waals surface area contributed by atoms with Crippen molar-refractivity contribution in [2.75, 3.05) is 5.75 Å². The molecule has 1 aliphatic carbocycles. The summed E-state index contributed by atoms with van der Waals surface area (Å²) < 4.78 is 28.8. The highest BCUT2D eigenvalue weighted by atomic mass is 35.5. The third-order valence-corrected chi connectivity index (χ3v) is 11.0. The Morgan fingerprint density at radius 2 is 1.88 bits per heavy atom. The van der Waals surface area contributed by atoms with Gasteiger partial charge in [-0.25, -0.2) is 13.1 Å². The molecule has 3 unspecified atom stereocenters. The van der Waals surface area contributed by atoms with E-state index < -0.39 is 9.84 Å². The normalized spacial score (nSPS) is 23.4. The van der Waals surface area contributed by atoms with Crippen LogP contribution < -0.4 is 5.56 Å². The number of hydrogen-bond acceptors (Lipinski definition) is 6. The Hall–Kier alpha value is -3.53. The zero-order valence-corrected chi connectivity index (χ0v) is 24.0. The second-order valence-corrected chi connectivity index (χ2v) is 14.1. The molecule has 0 bridgehead atoms. The summed E-state index contributed by atoms with van der Waals surface area (Å²) in [7, 11) is -3.25. The molecule has 4 aliphatic rings. The van der Waals surface area contributed by atoms with Crippen LogP contribution >= 0.6 is 23.2 Å². The molecule has 206 valence electrons. The molecule has 11 heteroatoms. The fraction of sp³-hybridized carbons (Fsp3) is 0.267. The van der Waals surface area contributed by atoms with Crippen LogP contribution in [0.25, 0.3) is 22.4 Å². The highest BCUT2D eigenvalue weighted by Crippen LogP contribution is 2.60. The van der Waals surface area contributed by atoms with Crippen molar-refractivity contribution in [1.82, 2.24) is 19.6 Å². The van der Waals surface area contributed by atoms with Crippen molar-refractivity contribution < 1.29 is 8.42 Å². The summed E-state index contributed by atoms with van der Waals surface area (Å²) in [4.78, 5) is 18.9. The number of sulfone groups is 1. The minimum absolute atomic E-state index is 0.0896. The molecule has 0 N–H and O–H groups in total. The first kappa shape index (κ1) is 25.2. The summed E-state index contributed by atoms with van der Waals surface area (Å²) in [6, 6.07) is 14.8. The Labute approximate surface area is 245 Å². The second kappa shape index (κ2) is 8.98. The van der Waals surface area contributed by atoms with Crippen LogP contribution in [0.15, 0.2) is 75.6 Å². The molecule has 0 radical (unpaired) electrons. The average molecular weight is 605 g/mol. The van der Waals surface area contributed by atoms with Crippen LogP contribution in [0.3, 0.4) is 0 Å². The maximum absolute atomic E-state index is 13.7. The average Bonchev–Trinajstić information content (AvgIpc) is 3.24. The number of rotatable bonds is 4. The highest BCUT2D eigenvalue weighted by Gasteiger charge is 2.54. The first-order chi connectivity index (χ1) is 19.8. The molecule has 3 aliphatic heterocycles. The Morgan fingerprint density at radius 3 is 2.71 bits per heavy atom. The van der Waals surface area contributed by atoms with Gasteiger partial charge >= 0.3 is 0 Å². The monoisotopic (exact) mass is 603 g/mol. The van der Waals surface area contributed by atoms with Crippen LogP contribution in [0.4, 0.5) is 0 Å². The van der Waals surface area contributed by atoms with Crippen molar-refractivity contribution in [3.63, 3.8) is 0 Å². The smallest absolute Gasteiger partial charge is 0.251 e. The Bertz CT molecular complexity index is 2030. The van der Waals surface area contributed by atoms with Gasteiger partial charge in [0.15, 0.2) is 15.0 Å². The largest absolute Gasteiger partial charge is 0.303 e. The van der Waals surface area contributed by atoms with Crippen LogP contribution in [0.1, 0.15) is 48.0 Å². The Kier molecular flexibility index (Phi) is 5.52. The van der Waals surface area contributed by atoms with E-state index in [1.807, 2.05) is 35.0 Å². The molecule has 0 spiro atoms. The first-order valence-corrected chi connectivity index (χ1v) is 15.9. The van der Waals surface area contributed by atoms with Crippen LogP contribution in [-0.2, 0) is 16.3 Å². The van der Waals surface area contributed by atoms with Crippen molar-refractivity contribution in [2.45, 2.75) is 42.5 Å². The van der Waals surface area contributed by atoms with Crippen molar-refractivity contribution >= 4 is 44.3 Å². The van der Waals surface area contributed by atoms with E-state index in [1.165, 1.54) is 0 Å². The molecule has 2 aromatic heterocycles. The number of aromatic nitrogens is 4. The van der Waals surface area contributed by atoms with Gasteiger partial charge in [0, 0.05) is 46.6 Å². The lowest BCUT2D eigenvalue weighted by Gasteiger charge is -2.20. The van der Waals surface area contributed by atoms with E-state index in [9.17, 15) is 13.2 Å². The van der Waals surface area contributed by atoms with Gasteiger partial charge in [-0.15, -0.1) is 5.10 Å². The van der Waals surface area contributed by atoms with Gasteiger partial charge in [-0.3, -0.25) is 9.79 Å². The molecule has 1 fully saturated rings. The molecular weight excluding hydrogens is 581 g/mol. The molecule has 41 heavy (non-hydrogen) atoms. The Morgan fingerprint density at radius 1 is 1.00 bits per heavy atom. The van der Waals surface area contributed by atoms with E-state index in [0.29, 0.717) is 28.7 Å². The summed E-state index contributed by atoms with van der Waals surface area (Å²) >= 11 is 12.4. The van der Waals surface area contributed by atoms with Crippen LogP contribution in [-0.4, -0.2) is 39.4 Å². The maximum Gasteiger partial charge on any atom is 0.251 e. The van der Waals surface area contributed by atoms with Gasteiger partial charge in [-0.1, -0.05) is 40.5 Å². The standard InChI is InChI=1S/C30H23Cl2N5O3S/c31-20-5-6-25(36-15-28(32)34-35-36)21(12-20)18-9-26-22-13-23(22)30(37(26)29(38)11-18)24-8-19(14-33-24)17-4-3-16-2-1-7-41(39,40)27(16)10-17/h3-6,9-12,14-15,22-23,30H,1-2,7-8,13H2. The van der Waals surface area contributed by atoms with Gasteiger partial charge in [0.2, 0.25) is 0 Å². The Balaban J connectivity index is 1.12. The SMILES string of the molecule is O=c1cc(-c2cc(Cl)ccc2-n2cc(Cl)nn2)cc2n1C(C1=NC=C(c3ccc4c(c3)S(=O)(=O)CCC4)C1)C1CC21. The fourth-order valence-corrected chi connectivity index (χ4v) is 8.67. The summed E-state index contributed by atoms with van der Waals surface area (Å²) in [5.41, 5.74) is 6.86. The van der Waals surface area contributed by atoms with Crippen molar-refractivity contribution in [3.05, 3.63) is 98.3 Å². The van der Waals surface area contributed by atoms with Crippen LogP contribution in [0, 0.1) is 5.92 Å². The number of benzene rings is 2. The molecule has 1 saturated carbocycles. The van der Waals surface area contributed by atoms with E-state index in [-0.39, 0.29) is 28.4 Å². The van der Waals surface area contributed by atoms with Gasteiger partial charge in [-0.05, 0) is 77.8 Å². The van der Waals surface area contributed by atoms with E-state index in [2.05, 4.69) is 16.4 Å². The third kappa shape index (κ3) is 4.05. The van der Waals surface area contributed by atoms with E-state index >= 15 is 0 Å². The predicted octanol–water partition coefficient (Wildman–Crippen LogP) is 5.67. The highest BCUT2D eigenvalue weighted by molar-refractivity contribution is 7.91. The molecule has 0 saturated heterocycles. The molecule has 8 nitrogen and oxygen atoms in total. The quantitative estimate of drug-likeness (QED) is 0.299. The molecular formula is C30H23Cl2N5O3S. The minimum atomic E-state index is -3.25. The van der Waals surface area contributed by atoms with Gasteiger partial charge in [-0.2, -0.15) is 0 Å². The number of allylic oxidation sites excluding steroid dienone is 1. The lowest BCUT2D eigenvalue weighted by molar-refractivity contribution is 0.584. The summed E-state index contributed by atoms with van der Waals surface area (Å²) in [6.07, 6.45) is 6.49. The molecule has 3 atom stereocenters. The summed E-state index contributed by atoms with van der Waals surface area (Å²) in [5, 5.41) is 8.80. The van der Waals surface area contributed by atoms with E-state index in [1.54, 1.807) is 29.1 Å². The number of aryl methyl sites for hydroxylation is 1. The van der Waals surface area contributed by atoms with Gasteiger partial charge in [0.1, 0.15) is 0 Å². The molecule has 0 amide bonds. The van der Waals surface area contributed by atoms with Crippen molar-refractivity contribution in [2.24, 2.45) is 10.9 Å². The number of pyridine rings is 1. The van der Waals surface area contributed by atoms with E-state index in [0.717, 1.165) is 57.8 Å². The lowest BCUT2D eigenvalue weighted by atomic mass is 9.96. The number of halogens is 2. The molecule has 8 rings (SSSR count). The van der Waals surface area contributed by atoms with Crippen molar-refractivity contribution in [1.29, 1.82) is 0 Å². The zero-order chi connectivity index (χ0) is 28.0. The van der Waals surface area contributed by atoms with Gasteiger partial charge in [0.25, 0.3) is 5.56 Å². The lowest BCUT2D eigenvalue weighted by Crippen LogP contribution is -2.29. The number of hydrogen-bond donors (Lipinski definition) is 0. The van der Waals surface area contributed by atoms with Crippen LogP contribution in [0.2, 0.25) is 10.2 Å². The molecule has 5 heterocycles. The summed E-state index contributed by atoms with van der Waals surface area (Å²) in [5.74, 6) is 0.804. The molecule has 4 aromatic rings. The molecule has 2 aromatic carbocycles. The van der Waals surface area contributed by atoms with Gasteiger partial charge < -0.3 is 4.57 Å². The number of fused-ring (bicyclic) bond motifs is 4.